The van der Waals surface area contributed by atoms with E-state index in [0.717, 1.165) is 16.7 Å². The maximum atomic E-state index is 6.52. The Bertz CT molecular complexity index is 1230. The van der Waals surface area contributed by atoms with E-state index in [9.17, 15) is 0 Å². The molecule has 7 atom stereocenters. The smallest absolute Gasteiger partial charge is 0.185 e. The zero-order chi connectivity index (χ0) is 24.6. The molecule has 36 heavy (non-hydrogen) atoms. The molecule has 3 heterocycles. The van der Waals surface area contributed by atoms with Crippen LogP contribution in [0.15, 0.2) is 72.8 Å². The molecule has 3 aliphatic heterocycles. The third-order valence-corrected chi connectivity index (χ3v) is 7.11. The second kappa shape index (κ2) is 10.6. The average Bonchev–Trinajstić information content (AvgIpc) is 3.49. The van der Waals surface area contributed by atoms with Crippen LogP contribution in [0, 0.1) is 0 Å². The van der Waals surface area contributed by atoms with Gasteiger partial charge < -0.3 is 28.4 Å². The molecule has 0 saturated carbocycles. The van der Waals surface area contributed by atoms with Crippen molar-refractivity contribution in [2.45, 2.75) is 43.3 Å². The van der Waals surface area contributed by atoms with E-state index in [2.05, 4.69) is 0 Å². The topological polar surface area (TPSA) is 55.4 Å². The minimum Gasteiger partial charge on any atom is -0.346 e. The first-order chi connectivity index (χ1) is 17.5. The second-order valence-electron chi connectivity index (χ2n) is 8.88. The van der Waals surface area contributed by atoms with E-state index in [1.807, 2.05) is 66.7 Å². The molecular formula is C27H23Cl3O6. The fourth-order valence-electron chi connectivity index (χ4n) is 4.72. The van der Waals surface area contributed by atoms with Crippen molar-refractivity contribution in [3.8, 4) is 0 Å². The first-order valence-corrected chi connectivity index (χ1v) is 12.8. The first kappa shape index (κ1) is 24.6. The van der Waals surface area contributed by atoms with Gasteiger partial charge in [0.2, 0.25) is 0 Å². The third kappa shape index (κ3) is 5.16. The first-order valence-electron chi connectivity index (χ1n) is 11.6. The predicted molar refractivity (Wildman–Crippen MR) is 134 cm³/mol. The number of fused-ring (bicyclic) bond motifs is 1. The Morgan fingerprint density at radius 2 is 0.889 bits per heavy atom. The molecule has 0 N–H and O–H groups in total. The highest BCUT2D eigenvalue weighted by Gasteiger charge is 2.51. The average molecular weight is 550 g/mol. The summed E-state index contributed by atoms with van der Waals surface area (Å²) in [5, 5.41) is 1.81. The molecule has 0 bridgehead atoms. The Morgan fingerprint density at radius 1 is 0.500 bits per heavy atom. The summed E-state index contributed by atoms with van der Waals surface area (Å²) in [6.07, 6.45) is -3.70. The minimum atomic E-state index is -0.676. The molecule has 0 amide bonds. The normalized spacial score (nSPS) is 32.2. The van der Waals surface area contributed by atoms with Crippen molar-refractivity contribution >= 4 is 34.8 Å². The van der Waals surface area contributed by atoms with Crippen molar-refractivity contribution in [2.24, 2.45) is 0 Å². The standard InChI is InChI=1S/C27H23Cl3O6/c28-18-7-1-4-15(10-18)25-31-13-21(33-25)23-24-22(34-27(36-24)17-6-3-9-20(30)12-17)14-32-26(35-23)16-5-2-8-19(29)11-16/h1-12,21-27H,13-14H2/t21-,22+,23+,24+,25?,26?,27?/m0/s1. The van der Waals surface area contributed by atoms with Crippen LogP contribution in [0.25, 0.3) is 0 Å². The Kier molecular flexibility index (Phi) is 7.23. The molecule has 3 aromatic rings. The molecule has 3 fully saturated rings. The van der Waals surface area contributed by atoms with Gasteiger partial charge in [0, 0.05) is 31.8 Å². The highest BCUT2D eigenvalue weighted by atomic mass is 35.5. The highest BCUT2D eigenvalue weighted by Crippen LogP contribution is 2.42. The number of hydrogen-bond acceptors (Lipinski definition) is 6. The number of ether oxygens (including phenoxy) is 6. The molecule has 3 saturated heterocycles. The van der Waals surface area contributed by atoms with Crippen LogP contribution < -0.4 is 0 Å². The molecule has 3 aromatic carbocycles. The van der Waals surface area contributed by atoms with Gasteiger partial charge in [-0.2, -0.15) is 0 Å². The third-order valence-electron chi connectivity index (χ3n) is 6.40. The van der Waals surface area contributed by atoms with Crippen LogP contribution in [0.2, 0.25) is 15.1 Å². The fourth-order valence-corrected chi connectivity index (χ4v) is 5.32. The molecule has 6 rings (SSSR count). The lowest BCUT2D eigenvalue weighted by molar-refractivity contribution is -0.217. The van der Waals surface area contributed by atoms with Crippen LogP contribution in [-0.2, 0) is 28.4 Å². The summed E-state index contributed by atoms with van der Waals surface area (Å²) in [5.74, 6) is 0. The van der Waals surface area contributed by atoms with E-state index in [1.54, 1.807) is 6.07 Å². The van der Waals surface area contributed by atoms with Crippen LogP contribution in [0.3, 0.4) is 0 Å². The molecule has 9 heteroatoms. The quantitative estimate of drug-likeness (QED) is 0.363. The summed E-state index contributed by atoms with van der Waals surface area (Å²) < 4.78 is 37.7. The Balaban J connectivity index is 1.27. The van der Waals surface area contributed by atoms with Gasteiger partial charge in [-0.25, -0.2) is 0 Å². The molecule has 0 spiro atoms. The predicted octanol–water partition coefficient (Wildman–Crippen LogP) is 6.66. The molecule has 0 aromatic heterocycles. The molecule has 3 unspecified atom stereocenters. The van der Waals surface area contributed by atoms with Gasteiger partial charge in [0.05, 0.1) is 13.2 Å². The lowest BCUT2D eigenvalue weighted by Gasteiger charge is -2.29. The molecule has 0 aliphatic carbocycles. The molecular weight excluding hydrogens is 527 g/mol. The maximum absolute atomic E-state index is 6.52. The van der Waals surface area contributed by atoms with Crippen LogP contribution >= 0.6 is 34.8 Å². The number of benzene rings is 3. The summed E-state index contributed by atoms with van der Waals surface area (Å²) in [7, 11) is 0. The number of rotatable bonds is 4. The van der Waals surface area contributed by atoms with Crippen molar-refractivity contribution in [3.63, 3.8) is 0 Å². The summed E-state index contributed by atoms with van der Waals surface area (Å²) in [4.78, 5) is 0. The Labute approximate surface area is 223 Å². The van der Waals surface area contributed by atoms with Gasteiger partial charge >= 0.3 is 0 Å². The van der Waals surface area contributed by atoms with Gasteiger partial charge in [-0.1, -0.05) is 71.2 Å². The van der Waals surface area contributed by atoms with Gasteiger partial charge in [-0.15, -0.1) is 0 Å². The lowest BCUT2D eigenvalue weighted by atomic mass is 10.0. The van der Waals surface area contributed by atoms with E-state index < -0.39 is 43.3 Å². The van der Waals surface area contributed by atoms with E-state index in [4.69, 9.17) is 63.2 Å². The fraction of sp³-hybridized carbons (Fsp3) is 0.333. The molecule has 188 valence electrons. The Hall–Kier alpha value is -1.71. The summed E-state index contributed by atoms with van der Waals surface area (Å²) >= 11 is 18.6. The molecule has 3 aliphatic rings. The van der Waals surface area contributed by atoms with E-state index >= 15 is 0 Å². The Morgan fingerprint density at radius 3 is 1.36 bits per heavy atom. The van der Waals surface area contributed by atoms with E-state index in [-0.39, 0.29) is 6.61 Å². The van der Waals surface area contributed by atoms with Crippen LogP contribution in [-0.4, -0.2) is 37.6 Å². The van der Waals surface area contributed by atoms with Crippen molar-refractivity contribution < 1.29 is 28.4 Å². The maximum Gasteiger partial charge on any atom is 0.185 e. The van der Waals surface area contributed by atoms with E-state index in [1.165, 1.54) is 0 Å². The lowest BCUT2D eigenvalue weighted by Crippen LogP contribution is -2.45. The van der Waals surface area contributed by atoms with Crippen LogP contribution in [0.4, 0.5) is 0 Å². The number of hydrogen-bond donors (Lipinski definition) is 0. The van der Waals surface area contributed by atoms with Gasteiger partial charge in [-0.05, 0) is 36.4 Å². The molecule has 0 radical (unpaired) electrons. The monoisotopic (exact) mass is 548 g/mol. The van der Waals surface area contributed by atoms with Gasteiger partial charge in [0.1, 0.15) is 24.4 Å². The van der Waals surface area contributed by atoms with Crippen molar-refractivity contribution in [1.29, 1.82) is 0 Å². The minimum absolute atomic E-state index is 0.265. The second-order valence-corrected chi connectivity index (χ2v) is 10.2. The van der Waals surface area contributed by atoms with E-state index in [0.29, 0.717) is 21.7 Å². The zero-order valence-corrected chi connectivity index (χ0v) is 21.2. The summed E-state index contributed by atoms with van der Waals surface area (Å²) in [6, 6.07) is 22.2. The van der Waals surface area contributed by atoms with Gasteiger partial charge in [0.15, 0.2) is 18.9 Å². The SMILES string of the molecule is Clc1cccc(C2OC[C@H]3OC(c4cccc(Cl)c4)O[C@H]3[C@@H]([C@@H]3COC(c4cccc(Cl)c4)O3)O2)c1. The van der Waals surface area contributed by atoms with Gasteiger partial charge in [0.25, 0.3) is 0 Å². The van der Waals surface area contributed by atoms with Crippen LogP contribution in [0.5, 0.6) is 0 Å². The van der Waals surface area contributed by atoms with Crippen molar-refractivity contribution in [2.75, 3.05) is 13.2 Å². The zero-order valence-electron chi connectivity index (χ0n) is 19.0. The van der Waals surface area contributed by atoms with Crippen molar-refractivity contribution in [1.82, 2.24) is 0 Å². The van der Waals surface area contributed by atoms with Crippen LogP contribution in [0.1, 0.15) is 35.6 Å². The summed E-state index contributed by atoms with van der Waals surface area (Å²) in [6.45, 7) is 0.569. The molecule has 6 nitrogen and oxygen atoms in total. The summed E-state index contributed by atoms with van der Waals surface area (Å²) in [5.41, 5.74) is 2.45. The number of halogens is 3. The highest BCUT2D eigenvalue weighted by molar-refractivity contribution is 6.31. The largest absolute Gasteiger partial charge is 0.346 e. The van der Waals surface area contributed by atoms with Gasteiger partial charge in [-0.3, -0.25) is 0 Å². The van der Waals surface area contributed by atoms with Crippen molar-refractivity contribution in [3.05, 3.63) is 105 Å².